The molecule has 154 valence electrons. The standard InChI is InChI=1S/C19H15N3O8/c1-29-13-5-3-11(4-6-13)21-18(25)14(17(24)20-19(21)26)8-10-7-12(22(27)28)9-15(30-2)16(10)23/h3-9,23H,1-2H3,(H,20,24,26)/p-1/b14-8+. The van der Waals surface area contributed by atoms with Gasteiger partial charge in [0.1, 0.15) is 17.1 Å². The molecule has 11 heteroatoms. The first-order valence-electron chi connectivity index (χ1n) is 8.35. The first-order chi connectivity index (χ1) is 14.3. The summed E-state index contributed by atoms with van der Waals surface area (Å²) < 4.78 is 9.86. The van der Waals surface area contributed by atoms with E-state index in [0.717, 1.165) is 25.3 Å². The Morgan fingerprint density at radius 1 is 1.07 bits per heavy atom. The molecule has 30 heavy (non-hydrogen) atoms. The van der Waals surface area contributed by atoms with E-state index in [-0.39, 0.29) is 17.0 Å². The van der Waals surface area contributed by atoms with E-state index in [4.69, 9.17) is 9.47 Å². The molecule has 2 aromatic carbocycles. The van der Waals surface area contributed by atoms with Crippen molar-refractivity contribution < 1.29 is 33.9 Å². The number of carbonyl (C=O) groups is 3. The highest BCUT2D eigenvalue weighted by atomic mass is 16.6. The number of methoxy groups -OCH3 is 2. The molecule has 1 aliphatic heterocycles. The summed E-state index contributed by atoms with van der Waals surface area (Å²) in [5, 5.41) is 25.5. The smallest absolute Gasteiger partial charge is 0.335 e. The predicted molar refractivity (Wildman–Crippen MR) is 101 cm³/mol. The van der Waals surface area contributed by atoms with Crippen LogP contribution in [-0.2, 0) is 9.59 Å². The van der Waals surface area contributed by atoms with E-state index in [1.54, 1.807) is 0 Å². The maximum atomic E-state index is 12.9. The Kier molecular flexibility index (Phi) is 5.36. The molecule has 0 atom stereocenters. The topological polar surface area (TPSA) is 151 Å². The molecule has 11 nitrogen and oxygen atoms in total. The van der Waals surface area contributed by atoms with Gasteiger partial charge in [-0.3, -0.25) is 25.0 Å². The van der Waals surface area contributed by atoms with E-state index < -0.39 is 39.8 Å². The molecule has 4 amide bonds. The quantitative estimate of drug-likeness (QED) is 0.334. The minimum absolute atomic E-state index is 0.149. The molecule has 1 heterocycles. The number of hydrogen-bond acceptors (Lipinski definition) is 8. The molecular formula is C19H14N3O8-. The van der Waals surface area contributed by atoms with Gasteiger partial charge in [-0.15, -0.1) is 0 Å². The lowest BCUT2D eigenvalue weighted by Gasteiger charge is -2.26. The van der Waals surface area contributed by atoms with Crippen LogP contribution in [0.1, 0.15) is 5.56 Å². The van der Waals surface area contributed by atoms with Crippen molar-refractivity contribution in [3.8, 4) is 17.2 Å². The number of nitrogens with one attached hydrogen (secondary N) is 1. The predicted octanol–water partition coefficient (Wildman–Crippen LogP) is 1.35. The Morgan fingerprint density at radius 2 is 1.73 bits per heavy atom. The number of benzene rings is 2. The minimum Gasteiger partial charge on any atom is -0.870 e. The van der Waals surface area contributed by atoms with Gasteiger partial charge in [0.05, 0.1) is 30.9 Å². The average molecular weight is 412 g/mol. The summed E-state index contributed by atoms with van der Waals surface area (Å²) in [6.45, 7) is 0. The van der Waals surface area contributed by atoms with Gasteiger partial charge in [-0.05, 0) is 35.9 Å². The van der Waals surface area contributed by atoms with Gasteiger partial charge in [-0.2, -0.15) is 0 Å². The van der Waals surface area contributed by atoms with Gasteiger partial charge in [-0.1, -0.05) is 5.75 Å². The van der Waals surface area contributed by atoms with Crippen molar-refractivity contribution in [2.75, 3.05) is 19.1 Å². The molecule has 1 fully saturated rings. The Bertz CT molecular complexity index is 1090. The number of amides is 4. The molecule has 0 radical (unpaired) electrons. The molecule has 2 aromatic rings. The van der Waals surface area contributed by atoms with Crippen LogP contribution in [-0.4, -0.2) is 37.0 Å². The fourth-order valence-corrected chi connectivity index (χ4v) is 2.75. The Hall–Kier alpha value is -4.41. The fraction of sp³-hybridized carbons (Fsp3) is 0.105. The lowest BCUT2D eigenvalue weighted by molar-refractivity contribution is -0.385. The van der Waals surface area contributed by atoms with E-state index >= 15 is 0 Å². The monoisotopic (exact) mass is 412 g/mol. The molecular weight excluding hydrogens is 398 g/mol. The number of nitrogens with zero attached hydrogens (tertiary/aromatic N) is 2. The van der Waals surface area contributed by atoms with E-state index in [2.05, 4.69) is 0 Å². The number of nitro benzene ring substituents is 1. The number of imide groups is 2. The zero-order chi connectivity index (χ0) is 22.0. The summed E-state index contributed by atoms with van der Waals surface area (Å²) in [5.74, 6) is -2.65. The number of urea groups is 1. The van der Waals surface area contributed by atoms with Gasteiger partial charge in [0, 0.05) is 6.07 Å². The number of ether oxygens (including phenoxy) is 2. The van der Waals surface area contributed by atoms with Crippen molar-refractivity contribution in [2.45, 2.75) is 0 Å². The van der Waals surface area contributed by atoms with Gasteiger partial charge in [0.2, 0.25) is 0 Å². The number of hydrogen-bond donors (Lipinski definition) is 1. The molecule has 0 unspecified atom stereocenters. The molecule has 3 rings (SSSR count). The number of carbonyl (C=O) groups excluding carboxylic acids is 3. The van der Waals surface area contributed by atoms with Crippen LogP contribution >= 0.6 is 0 Å². The maximum Gasteiger partial charge on any atom is 0.335 e. The van der Waals surface area contributed by atoms with E-state index in [1.165, 1.54) is 31.4 Å². The van der Waals surface area contributed by atoms with Crippen molar-refractivity contribution in [1.82, 2.24) is 5.32 Å². The van der Waals surface area contributed by atoms with Gasteiger partial charge in [0.15, 0.2) is 0 Å². The summed E-state index contributed by atoms with van der Waals surface area (Å²) in [5.41, 5.74) is -1.19. The van der Waals surface area contributed by atoms with Crippen molar-refractivity contribution in [2.24, 2.45) is 0 Å². The SMILES string of the molecule is COc1ccc(N2C(=O)NC(=O)/C(=C\c3cc([N+](=O)[O-])cc(OC)c3[O-])C2=O)cc1. The zero-order valence-corrected chi connectivity index (χ0v) is 15.7. The van der Waals surface area contributed by atoms with Crippen LogP contribution in [0.4, 0.5) is 16.2 Å². The lowest BCUT2D eigenvalue weighted by atomic mass is 10.0. The number of nitro groups is 1. The normalized spacial score (nSPS) is 15.2. The molecule has 1 saturated heterocycles. The number of anilines is 1. The Balaban J connectivity index is 2.08. The number of rotatable bonds is 5. The Morgan fingerprint density at radius 3 is 2.30 bits per heavy atom. The largest absolute Gasteiger partial charge is 0.870 e. The summed E-state index contributed by atoms with van der Waals surface area (Å²) >= 11 is 0. The highest BCUT2D eigenvalue weighted by Crippen LogP contribution is 2.34. The van der Waals surface area contributed by atoms with Crippen LogP contribution in [0.5, 0.6) is 17.2 Å². The number of non-ortho nitro benzene ring substituents is 1. The van der Waals surface area contributed by atoms with Crippen molar-refractivity contribution in [3.05, 3.63) is 57.6 Å². The molecule has 0 aromatic heterocycles. The second-order valence-electron chi connectivity index (χ2n) is 5.98. The summed E-state index contributed by atoms with van der Waals surface area (Å²) in [7, 11) is 2.60. The first kappa shape index (κ1) is 20.3. The zero-order valence-electron chi connectivity index (χ0n) is 15.7. The second kappa shape index (κ2) is 7.91. The number of barbiturate groups is 1. The van der Waals surface area contributed by atoms with Crippen molar-refractivity contribution in [3.63, 3.8) is 0 Å². The highest BCUT2D eigenvalue weighted by molar-refractivity contribution is 6.39. The fourth-order valence-electron chi connectivity index (χ4n) is 2.75. The van der Waals surface area contributed by atoms with Gasteiger partial charge < -0.3 is 14.6 Å². The van der Waals surface area contributed by atoms with Gasteiger partial charge in [0.25, 0.3) is 17.5 Å². The van der Waals surface area contributed by atoms with E-state index in [0.29, 0.717) is 10.6 Å². The summed E-state index contributed by atoms with van der Waals surface area (Å²) in [6.07, 6.45) is 0.887. The van der Waals surface area contributed by atoms with Crippen LogP contribution in [0.3, 0.4) is 0 Å². The molecule has 0 aliphatic carbocycles. The lowest BCUT2D eigenvalue weighted by Crippen LogP contribution is -2.54. The third-order valence-electron chi connectivity index (χ3n) is 4.23. The summed E-state index contributed by atoms with van der Waals surface area (Å²) in [4.78, 5) is 48.4. The average Bonchev–Trinajstić information content (AvgIpc) is 2.72. The highest BCUT2D eigenvalue weighted by Gasteiger charge is 2.37. The minimum atomic E-state index is -1.04. The molecule has 1 aliphatic rings. The van der Waals surface area contributed by atoms with Crippen LogP contribution in [0.15, 0.2) is 42.0 Å². The van der Waals surface area contributed by atoms with Crippen molar-refractivity contribution in [1.29, 1.82) is 0 Å². The first-order valence-corrected chi connectivity index (χ1v) is 8.35. The van der Waals surface area contributed by atoms with Crippen LogP contribution < -0.4 is 24.8 Å². The molecule has 0 saturated carbocycles. The van der Waals surface area contributed by atoms with E-state index in [1.807, 2.05) is 5.32 Å². The third-order valence-corrected chi connectivity index (χ3v) is 4.23. The molecule has 0 bridgehead atoms. The van der Waals surface area contributed by atoms with E-state index in [9.17, 15) is 29.6 Å². The summed E-state index contributed by atoms with van der Waals surface area (Å²) in [6, 6.07) is 6.74. The van der Waals surface area contributed by atoms with Crippen LogP contribution in [0, 0.1) is 10.1 Å². The second-order valence-corrected chi connectivity index (χ2v) is 5.98. The van der Waals surface area contributed by atoms with Gasteiger partial charge in [-0.25, -0.2) is 9.69 Å². The molecule has 0 spiro atoms. The molecule has 1 N–H and O–H groups in total. The van der Waals surface area contributed by atoms with Gasteiger partial charge >= 0.3 is 6.03 Å². The van der Waals surface area contributed by atoms with Crippen LogP contribution in [0.2, 0.25) is 0 Å². The maximum absolute atomic E-state index is 12.9. The van der Waals surface area contributed by atoms with Crippen molar-refractivity contribution >= 4 is 35.3 Å². The van der Waals surface area contributed by atoms with Crippen LogP contribution in [0.25, 0.3) is 6.08 Å². The Labute approximate surface area is 169 Å². The third kappa shape index (κ3) is 3.63.